The van der Waals surface area contributed by atoms with Crippen molar-refractivity contribution in [2.75, 3.05) is 0 Å². The van der Waals surface area contributed by atoms with Crippen LogP contribution in [0.1, 0.15) is 27.9 Å². The van der Waals surface area contributed by atoms with E-state index >= 15 is 0 Å². The average molecular weight is 359 g/mol. The molecule has 0 fully saturated rings. The lowest BCUT2D eigenvalue weighted by Gasteiger charge is -2.13. The van der Waals surface area contributed by atoms with E-state index in [0.717, 1.165) is 6.07 Å². The first-order valence-corrected chi connectivity index (χ1v) is 7.59. The molecule has 4 nitrogen and oxygen atoms in total. The van der Waals surface area contributed by atoms with E-state index in [4.69, 9.17) is 4.74 Å². The number of hydrogen-bond donors (Lipinski definition) is 0. The van der Waals surface area contributed by atoms with E-state index in [1.807, 2.05) is 0 Å². The van der Waals surface area contributed by atoms with E-state index in [1.54, 1.807) is 0 Å². The van der Waals surface area contributed by atoms with Gasteiger partial charge in [-0.05, 0) is 29.8 Å². The fourth-order valence-corrected chi connectivity index (χ4v) is 2.54. The number of carbonyl (C=O) groups excluding carboxylic acids is 2. The molecule has 0 N–H and O–H groups in total. The van der Waals surface area contributed by atoms with Gasteiger partial charge < -0.3 is 9.53 Å². The molecule has 0 saturated heterocycles. The van der Waals surface area contributed by atoms with Gasteiger partial charge in [-0.15, -0.1) is 0 Å². The molecule has 3 aromatic rings. The van der Waals surface area contributed by atoms with Gasteiger partial charge in [-0.1, -0.05) is 6.07 Å². The Morgan fingerprint density at radius 3 is 2.58 bits per heavy atom. The molecule has 7 heteroatoms. The Bertz CT molecular complexity index is 989. The van der Waals surface area contributed by atoms with Crippen LogP contribution < -0.4 is 4.74 Å². The molecule has 1 heterocycles. The van der Waals surface area contributed by atoms with Crippen molar-refractivity contribution in [3.63, 3.8) is 0 Å². The molecule has 1 aromatic heterocycles. The number of carbonyl (C=O) groups is 2. The second kappa shape index (κ2) is 7.35. The van der Waals surface area contributed by atoms with Gasteiger partial charge in [0.05, 0.1) is 16.6 Å². The van der Waals surface area contributed by atoms with Crippen molar-refractivity contribution in [2.24, 2.45) is 0 Å². The summed E-state index contributed by atoms with van der Waals surface area (Å²) in [5.41, 5.74) is 0.104. The van der Waals surface area contributed by atoms with Gasteiger partial charge in [0.15, 0.2) is 6.29 Å². The predicted molar refractivity (Wildman–Crippen MR) is 88.3 cm³/mol. The highest BCUT2D eigenvalue weighted by molar-refractivity contribution is 5.91. The lowest BCUT2D eigenvalue weighted by atomic mass is 10.1. The van der Waals surface area contributed by atoms with Crippen molar-refractivity contribution in [1.29, 1.82) is 0 Å². The summed E-state index contributed by atoms with van der Waals surface area (Å²) in [5.74, 6) is -0.675. The van der Waals surface area contributed by atoms with Gasteiger partial charge in [0.25, 0.3) is 6.43 Å². The Hall–Kier alpha value is -3.22. The van der Waals surface area contributed by atoms with Crippen molar-refractivity contribution in [1.82, 2.24) is 4.98 Å². The van der Waals surface area contributed by atoms with Crippen molar-refractivity contribution in [3.8, 4) is 11.5 Å². The molecule has 26 heavy (non-hydrogen) atoms. The topological polar surface area (TPSA) is 56.3 Å². The van der Waals surface area contributed by atoms with Crippen molar-refractivity contribution < 1.29 is 27.5 Å². The monoisotopic (exact) mass is 359 g/mol. The first-order chi connectivity index (χ1) is 12.5. The number of aldehydes is 2. The van der Waals surface area contributed by atoms with Gasteiger partial charge in [-0.25, -0.2) is 13.2 Å². The highest BCUT2D eigenvalue weighted by atomic mass is 19.3. The summed E-state index contributed by atoms with van der Waals surface area (Å²) < 4.78 is 46.1. The molecule has 0 saturated carbocycles. The maximum Gasteiger partial charge on any atom is 0.267 e. The van der Waals surface area contributed by atoms with Crippen LogP contribution in [0.2, 0.25) is 0 Å². The Morgan fingerprint density at radius 1 is 1.08 bits per heavy atom. The number of alkyl halides is 2. The molecular weight excluding hydrogens is 347 g/mol. The summed E-state index contributed by atoms with van der Waals surface area (Å²) in [6.45, 7) is 0. The molecular formula is C19H12F3NO3. The molecule has 0 aliphatic heterocycles. The standard InChI is InChI=1S/C19H12F3NO3/c20-15-9-16-13(8-12(15)10-25)18(3-5-23-16)26-17-2-1-11(4-6-24)7-14(17)19(21)22/h1-3,5-10,19H,4H2. The highest BCUT2D eigenvalue weighted by Gasteiger charge is 2.17. The maximum absolute atomic E-state index is 13.7. The number of benzene rings is 2. The number of rotatable bonds is 6. The molecule has 2 aromatic carbocycles. The summed E-state index contributed by atoms with van der Waals surface area (Å²) in [7, 11) is 0. The van der Waals surface area contributed by atoms with E-state index < -0.39 is 12.2 Å². The third-order valence-electron chi connectivity index (χ3n) is 3.80. The minimum Gasteiger partial charge on any atom is -0.456 e. The second-order valence-electron chi connectivity index (χ2n) is 5.46. The number of nitrogens with zero attached hydrogens (tertiary/aromatic N) is 1. The maximum atomic E-state index is 13.7. The SMILES string of the molecule is O=CCc1ccc(Oc2ccnc3cc(F)c(C=O)cc23)c(C(F)F)c1. The average Bonchev–Trinajstić information content (AvgIpc) is 2.62. The molecule has 0 bridgehead atoms. The fourth-order valence-electron chi connectivity index (χ4n) is 2.54. The molecule has 0 amide bonds. The van der Waals surface area contributed by atoms with Crippen LogP contribution in [0.5, 0.6) is 11.5 Å². The van der Waals surface area contributed by atoms with Crippen molar-refractivity contribution in [2.45, 2.75) is 12.8 Å². The second-order valence-corrected chi connectivity index (χ2v) is 5.46. The Labute approximate surface area is 146 Å². The minimum absolute atomic E-state index is 0.0140. The molecule has 0 atom stereocenters. The molecule has 0 unspecified atom stereocenters. The summed E-state index contributed by atoms with van der Waals surface area (Å²) in [4.78, 5) is 25.5. The van der Waals surface area contributed by atoms with Crippen molar-refractivity contribution >= 4 is 23.5 Å². The molecule has 3 rings (SSSR count). The summed E-state index contributed by atoms with van der Waals surface area (Å²) in [6, 6.07) is 7.82. The van der Waals surface area contributed by atoms with E-state index in [9.17, 15) is 22.8 Å². The van der Waals surface area contributed by atoms with E-state index in [0.29, 0.717) is 23.5 Å². The first-order valence-electron chi connectivity index (χ1n) is 7.59. The van der Waals surface area contributed by atoms with E-state index in [2.05, 4.69) is 4.98 Å². The quantitative estimate of drug-likeness (QED) is 0.601. The minimum atomic E-state index is -2.81. The van der Waals surface area contributed by atoms with Gasteiger partial charge in [0, 0.05) is 24.1 Å². The molecule has 0 aliphatic rings. The summed E-state index contributed by atoms with van der Waals surface area (Å²) in [5, 5.41) is 0.313. The molecule has 0 radical (unpaired) electrons. The van der Waals surface area contributed by atoms with Crippen LogP contribution in [0.3, 0.4) is 0 Å². The van der Waals surface area contributed by atoms with Crippen LogP contribution in [0, 0.1) is 5.82 Å². The largest absolute Gasteiger partial charge is 0.456 e. The number of fused-ring (bicyclic) bond motifs is 1. The van der Waals surface area contributed by atoms with Gasteiger partial charge in [0.1, 0.15) is 23.6 Å². The van der Waals surface area contributed by atoms with Crippen LogP contribution in [-0.4, -0.2) is 17.6 Å². The summed E-state index contributed by atoms with van der Waals surface area (Å²) >= 11 is 0. The first kappa shape index (κ1) is 17.6. The smallest absolute Gasteiger partial charge is 0.267 e. The van der Waals surface area contributed by atoms with Crippen LogP contribution in [-0.2, 0) is 11.2 Å². The predicted octanol–water partition coefficient (Wildman–Crippen LogP) is 4.66. The Morgan fingerprint density at radius 2 is 1.88 bits per heavy atom. The third kappa shape index (κ3) is 3.42. The fraction of sp³-hybridized carbons (Fsp3) is 0.105. The number of pyridine rings is 1. The van der Waals surface area contributed by atoms with E-state index in [1.165, 1.54) is 36.5 Å². The van der Waals surface area contributed by atoms with Crippen LogP contribution in [0.25, 0.3) is 10.9 Å². The third-order valence-corrected chi connectivity index (χ3v) is 3.80. The van der Waals surface area contributed by atoms with Crippen LogP contribution in [0.4, 0.5) is 13.2 Å². The van der Waals surface area contributed by atoms with Gasteiger partial charge in [0.2, 0.25) is 0 Å². The normalized spacial score (nSPS) is 10.9. The highest BCUT2D eigenvalue weighted by Crippen LogP contribution is 2.36. The Balaban J connectivity index is 2.09. The lowest BCUT2D eigenvalue weighted by Crippen LogP contribution is -1.97. The zero-order valence-corrected chi connectivity index (χ0v) is 13.3. The van der Waals surface area contributed by atoms with Gasteiger partial charge in [-0.3, -0.25) is 9.78 Å². The molecule has 0 aliphatic carbocycles. The molecule has 0 spiro atoms. The van der Waals surface area contributed by atoms with E-state index in [-0.39, 0.29) is 34.6 Å². The number of halogens is 3. The van der Waals surface area contributed by atoms with Crippen molar-refractivity contribution in [3.05, 3.63) is 65.1 Å². The number of ether oxygens (including phenoxy) is 1. The zero-order valence-electron chi connectivity index (χ0n) is 13.3. The number of aromatic nitrogens is 1. The van der Waals surface area contributed by atoms with Crippen LogP contribution in [0.15, 0.2) is 42.6 Å². The van der Waals surface area contributed by atoms with Gasteiger partial charge >= 0.3 is 0 Å². The number of hydrogen-bond acceptors (Lipinski definition) is 4. The zero-order chi connectivity index (χ0) is 18.7. The molecule has 132 valence electrons. The van der Waals surface area contributed by atoms with Gasteiger partial charge in [-0.2, -0.15) is 0 Å². The Kier molecular flexibility index (Phi) is 4.97. The summed E-state index contributed by atoms with van der Waals surface area (Å²) in [6.07, 6.45) is -0.477. The lowest BCUT2D eigenvalue weighted by molar-refractivity contribution is -0.107. The van der Waals surface area contributed by atoms with Crippen LogP contribution >= 0.6 is 0 Å².